The molecule has 32 heavy (non-hydrogen) atoms. The summed E-state index contributed by atoms with van der Waals surface area (Å²) in [6.45, 7) is 3.66. The number of para-hydroxylation sites is 2. The quantitative estimate of drug-likeness (QED) is 0.319. The molecule has 0 saturated heterocycles. The molecular formula is C23H19F4N5. The second kappa shape index (κ2) is 8.48. The van der Waals surface area contributed by atoms with Gasteiger partial charge in [0.1, 0.15) is 17.5 Å². The van der Waals surface area contributed by atoms with Crippen LogP contribution in [0.3, 0.4) is 0 Å². The van der Waals surface area contributed by atoms with Crippen molar-refractivity contribution in [2.45, 2.75) is 13.1 Å². The molecule has 5 nitrogen and oxygen atoms in total. The van der Waals surface area contributed by atoms with E-state index in [1.807, 2.05) is 13.0 Å². The van der Waals surface area contributed by atoms with Gasteiger partial charge in [0.25, 0.3) is 0 Å². The van der Waals surface area contributed by atoms with E-state index in [1.165, 1.54) is 12.1 Å². The molecule has 9 heteroatoms. The zero-order valence-corrected chi connectivity index (χ0v) is 17.1. The van der Waals surface area contributed by atoms with Crippen molar-refractivity contribution in [3.05, 3.63) is 65.5 Å². The molecule has 0 fully saturated rings. The minimum atomic E-state index is -4.51. The molecule has 0 amide bonds. The molecule has 4 aromatic rings. The number of hydrogen-bond acceptors (Lipinski definition) is 4. The highest BCUT2D eigenvalue weighted by atomic mass is 19.4. The third kappa shape index (κ3) is 3.74. The van der Waals surface area contributed by atoms with Crippen LogP contribution in [0.2, 0.25) is 0 Å². The first kappa shape index (κ1) is 21.6. The predicted octanol–water partition coefficient (Wildman–Crippen LogP) is 5.21. The van der Waals surface area contributed by atoms with Crippen LogP contribution in [0.1, 0.15) is 18.1 Å². The van der Waals surface area contributed by atoms with Gasteiger partial charge in [0.05, 0.1) is 16.6 Å². The number of benzene rings is 2. The van der Waals surface area contributed by atoms with E-state index in [9.17, 15) is 18.4 Å². The van der Waals surface area contributed by atoms with Gasteiger partial charge in [-0.3, -0.25) is 4.40 Å². The van der Waals surface area contributed by atoms with Crippen molar-refractivity contribution in [1.82, 2.24) is 14.7 Å². The Labute approximate surface area is 181 Å². The molecule has 4 rings (SSSR count). The number of pyridine rings is 1. The van der Waals surface area contributed by atoms with E-state index in [0.717, 1.165) is 18.7 Å². The molecule has 0 unspecified atom stereocenters. The maximum Gasteiger partial charge on any atom is 0.416 e. The average Bonchev–Trinajstić information content (AvgIpc) is 3.16. The predicted molar refractivity (Wildman–Crippen MR) is 115 cm³/mol. The van der Waals surface area contributed by atoms with Crippen molar-refractivity contribution < 1.29 is 17.6 Å². The van der Waals surface area contributed by atoms with Crippen molar-refractivity contribution in [1.29, 1.82) is 5.26 Å². The summed E-state index contributed by atoms with van der Waals surface area (Å²) in [4.78, 5) is 4.51. The van der Waals surface area contributed by atoms with Gasteiger partial charge in [-0.1, -0.05) is 31.2 Å². The van der Waals surface area contributed by atoms with Crippen LogP contribution in [0.4, 0.5) is 23.4 Å². The molecule has 2 heterocycles. The molecule has 0 radical (unpaired) electrons. The Morgan fingerprint density at radius 3 is 2.44 bits per heavy atom. The molecule has 2 aromatic heterocycles. The number of rotatable bonds is 6. The van der Waals surface area contributed by atoms with E-state index in [1.54, 1.807) is 28.7 Å². The van der Waals surface area contributed by atoms with E-state index < -0.39 is 17.6 Å². The zero-order valence-electron chi connectivity index (χ0n) is 17.1. The molecule has 0 bridgehead atoms. The maximum absolute atomic E-state index is 15.9. The monoisotopic (exact) mass is 441 g/mol. The minimum Gasteiger partial charge on any atom is -0.367 e. The van der Waals surface area contributed by atoms with E-state index in [-0.39, 0.29) is 28.2 Å². The van der Waals surface area contributed by atoms with Gasteiger partial charge in [0.2, 0.25) is 0 Å². The number of nitrogens with zero attached hydrogens (tertiary/aromatic N) is 3. The third-order valence-corrected chi connectivity index (χ3v) is 5.14. The number of imidazole rings is 1. The standard InChI is InChI=1S/C23H19F4N5/c1-2-29-11-12-30-22-20(24)19(14-7-9-15(10-8-14)23(25,26)27)16(13-28)21-31-17-5-3-4-6-18(17)32(21)22/h3-10,29-30H,2,11-12H2,1H3. The molecule has 164 valence electrons. The number of halogens is 4. The number of alkyl halides is 3. The molecule has 0 aliphatic carbocycles. The molecular weight excluding hydrogens is 422 g/mol. The summed E-state index contributed by atoms with van der Waals surface area (Å²) < 4.78 is 56.4. The molecule has 0 aliphatic rings. The largest absolute Gasteiger partial charge is 0.416 e. The van der Waals surface area contributed by atoms with Crippen molar-refractivity contribution in [2.75, 3.05) is 25.0 Å². The number of fused-ring (bicyclic) bond motifs is 3. The van der Waals surface area contributed by atoms with Crippen molar-refractivity contribution in [2.24, 2.45) is 0 Å². The van der Waals surface area contributed by atoms with Crippen LogP contribution in [-0.2, 0) is 6.18 Å². The van der Waals surface area contributed by atoms with E-state index in [2.05, 4.69) is 15.6 Å². The number of likely N-dealkylation sites (N-methyl/N-ethyl adjacent to an activating group) is 1. The fraction of sp³-hybridized carbons (Fsp3) is 0.217. The molecule has 0 spiro atoms. The van der Waals surface area contributed by atoms with Crippen LogP contribution in [0.5, 0.6) is 0 Å². The van der Waals surface area contributed by atoms with Gasteiger partial charge in [-0.15, -0.1) is 0 Å². The van der Waals surface area contributed by atoms with Crippen LogP contribution in [-0.4, -0.2) is 29.0 Å². The van der Waals surface area contributed by atoms with Gasteiger partial charge in [0.15, 0.2) is 11.5 Å². The Kier molecular flexibility index (Phi) is 5.72. The number of aromatic nitrogens is 2. The fourth-order valence-corrected chi connectivity index (χ4v) is 3.66. The van der Waals surface area contributed by atoms with Crippen molar-refractivity contribution in [3.8, 4) is 17.2 Å². The highest BCUT2D eigenvalue weighted by Gasteiger charge is 2.31. The number of nitrogens with one attached hydrogen (secondary N) is 2. The van der Waals surface area contributed by atoms with E-state index >= 15 is 4.39 Å². The normalized spacial score (nSPS) is 11.8. The number of anilines is 1. The summed E-state index contributed by atoms with van der Waals surface area (Å²) in [6.07, 6.45) is -4.51. The Morgan fingerprint density at radius 2 is 1.78 bits per heavy atom. The third-order valence-electron chi connectivity index (χ3n) is 5.14. The lowest BCUT2D eigenvalue weighted by atomic mass is 9.99. The fourth-order valence-electron chi connectivity index (χ4n) is 3.66. The van der Waals surface area contributed by atoms with Crippen LogP contribution in [0.15, 0.2) is 48.5 Å². The zero-order chi connectivity index (χ0) is 22.9. The van der Waals surface area contributed by atoms with Crippen molar-refractivity contribution in [3.63, 3.8) is 0 Å². The van der Waals surface area contributed by atoms with Crippen LogP contribution >= 0.6 is 0 Å². The second-order valence-corrected chi connectivity index (χ2v) is 7.14. The Morgan fingerprint density at radius 1 is 1.06 bits per heavy atom. The minimum absolute atomic E-state index is 0.0457. The molecule has 2 N–H and O–H groups in total. The first-order valence-corrected chi connectivity index (χ1v) is 10.0. The SMILES string of the molecule is CCNCCNc1c(F)c(-c2ccc(C(F)(F)F)cc2)c(C#N)c2nc3ccccc3n12. The lowest BCUT2D eigenvalue weighted by Crippen LogP contribution is -2.23. The van der Waals surface area contributed by atoms with E-state index in [0.29, 0.717) is 24.1 Å². The summed E-state index contributed by atoms with van der Waals surface area (Å²) in [5.74, 6) is -0.631. The van der Waals surface area contributed by atoms with Gasteiger partial charge >= 0.3 is 6.18 Å². The number of hydrogen-bond donors (Lipinski definition) is 2. The smallest absolute Gasteiger partial charge is 0.367 e. The van der Waals surface area contributed by atoms with Gasteiger partial charge in [-0.25, -0.2) is 9.37 Å². The molecule has 0 saturated carbocycles. The summed E-state index contributed by atoms with van der Waals surface area (Å²) >= 11 is 0. The van der Waals surface area contributed by atoms with Gasteiger partial charge < -0.3 is 10.6 Å². The van der Waals surface area contributed by atoms with Gasteiger partial charge in [0, 0.05) is 18.7 Å². The molecule has 0 aliphatic heterocycles. The molecule has 0 atom stereocenters. The van der Waals surface area contributed by atoms with Crippen LogP contribution in [0.25, 0.3) is 27.8 Å². The molecule has 2 aromatic carbocycles. The highest BCUT2D eigenvalue weighted by molar-refractivity contribution is 5.90. The average molecular weight is 441 g/mol. The lowest BCUT2D eigenvalue weighted by molar-refractivity contribution is -0.137. The first-order valence-electron chi connectivity index (χ1n) is 10.0. The van der Waals surface area contributed by atoms with Crippen molar-refractivity contribution >= 4 is 22.5 Å². The van der Waals surface area contributed by atoms with E-state index in [4.69, 9.17) is 0 Å². The topological polar surface area (TPSA) is 65.1 Å². The summed E-state index contributed by atoms with van der Waals surface area (Å²) in [7, 11) is 0. The number of nitriles is 1. The first-order chi connectivity index (χ1) is 15.4. The highest BCUT2D eigenvalue weighted by Crippen LogP contribution is 2.37. The Bertz CT molecular complexity index is 1320. The second-order valence-electron chi connectivity index (χ2n) is 7.14. The van der Waals surface area contributed by atoms with Crippen LogP contribution in [0, 0.1) is 17.1 Å². The maximum atomic E-state index is 15.9. The Hall–Kier alpha value is -3.64. The van der Waals surface area contributed by atoms with Crippen LogP contribution < -0.4 is 10.6 Å². The summed E-state index contributed by atoms with van der Waals surface area (Å²) in [6, 6.07) is 13.2. The summed E-state index contributed by atoms with van der Waals surface area (Å²) in [5.41, 5.74) is 0.597. The summed E-state index contributed by atoms with van der Waals surface area (Å²) in [5, 5.41) is 16.1. The lowest BCUT2D eigenvalue weighted by Gasteiger charge is -2.16. The van der Waals surface area contributed by atoms with Gasteiger partial charge in [-0.2, -0.15) is 18.4 Å². The Balaban J connectivity index is 1.97. The van der Waals surface area contributed by atoms with Gasteiger partial charge in [-0.05, 0) is 36.4 Å².